The first-order chi connectivity index (χ1) is 14.5. The number of fused-ring (bicyclic) bond motifs is 1. The lowest BCUT2D eigenvalue weighted by Gasteiger charge is -2.24. The van der Waals surface area contributed by atoms with Crippen LogP contribution in [0.3, 0.4) is 0 Å². The molecule has 0 bridgehead atoms. The number of rotatable bonds is 4. The summed E-state index contributed by atoms with van der Waals surface area (Å²) in [6, 6.07) is 24.8. The van der Waals surface area contributed by atoms with Gasteiger partial charge in [0.15, 0.2) is 0 Å². The molecule has 4 heteroatoms. The predicted octanol–water partition coefficient (Wildman–Crippen LogP) is 5.29. The van der Waals surface area contributed by atoms with Crippen molar-refractivity contribution in [2.24, 2.45) is 0 Å². The fourth-order valence-electron chi connectivity index (χ4n) is 4.02. The maximum atomic E-state index is 13.5. The molecule has 4 nitrogen and oxygen atoms in total. The molecule has 1 amide bonds. The Morgan fingerprint density at radius 1 is 0.800 bits per heavy atom. The Bertz CT molecular complexity index is 1240. The molecule has 30 heavy (non-hydrogen) atoms. The van der Waals surface area contributed by atoms with Gasteiger partial charge in [-0.15, -0.1) is 0 Å². The third kappa shape index (κ3) is 3.64. The van der Waals surface area contributed by atoms with Crippen molar-refractivity contribution < 1.29 is 4.79 Å². The molecule has 3 aromatic carbocycles. The van der Waals surface area contributed by atoms with Gasteiger partial charge in [-0.1, -0.05) is 48.0 Å². The summed E-state index contributed by atoms with van der Waals surface area (Å²) in [6.45, 7) is 5.93. The van der Waals surface area contributed by atoms with E-state index >= 15 is 0 Å². The summed E-state index contributed by atoms with van der Waals surface area (Å²) in [6.07, 6.45) is 0. The number of amides is 1. The second-order valence-electron chi connectivity index (χ2n) is 7.63. The minimum Gasteiger partial charge on any atom is -0.299 e. The van der Waals surface area contributed by atoms with Crippen molar-refractivity contribution in [2.75, 3.05) is 4.90 Å². The van der Waals surface area contributed by atoms with E-state index in [4.69, 9.17) is 0 Å². The van der Waals surface area contributed by atoms with Gasteiger partial charge in [-0.25, -0.2) is 0 Å². The monoisotopic (exact) mass is 396 g/mol. The van der Waals surface area contributed by atoms with E-state index in [-0.39, 0.29) is 18.0 Å². The molecule has 4 aromatic rings. The molecule has 0 N–H and O–H groups in total. The zero-order valence-corrected chi connectivity index (χ0v) is 17.4. The van der Waals surface area contributed by atoms with Gasteiger partial charge in [-0.2, -0.15) is 0 Å². The van der Waals surface area contributed by atoms with Crippen molar-refractivity contribution in [3.05, 3.63) is 106 Å². The minimum absolute atomic E-state index is 0.0384. The van der Waals surface area contributed by atoms with Gasteiger partial charge in [0.25, 0.3) is 11.5 Å². The van der Waals surface area contributed by atoms with Crippen molar-refractivity contribution >= 4 is 28.2 Å². The maximum absolute atomic E-state index is 13.5. The van der Waals surface area contributed by atoms with Crippen LogP contribution in [0.1, 0.15) is 16.7 Å². The highest BCUT2D eigenvalue weighted by molar-refractivity contribution is 6.01. The number of pyridine rings is 1. The Balaban J connectivity index is 1.84. The summed E-state index contributed by atoms with van der Waals surface area (Å²) < 4.78 is 1.60. The smallest absolute Gasteiger partial charge is 0.251 e. The number of nitrogens with zero attached hydrogens (tertiary/aromatic N) is 2. The second-order valence-corrected chi connectivity index (χ2v) is 7.63. The van der Waals surface area contributed by atoms with Crippen molar-refractivity contribution in [2.45, 2.75) is 27.3 Å². The highest BCUT2D eigenvalue weighted by Gasteiger charge is 2.20. The molecule has 1 aromatic heterocycles. The van der Waals surface area contributed by atoms with E-state index in [1.165, 1.54) is 0 Å². The van der Waals surface area contributed by atoms with E-state index in [0.717, 1.165) is 39.0 Å². The van der Waals surface area contributed by atoms with E-state index in [0.29, 0.717) is 0 Å². The molecule has 150 valence electrons. The molecule has 0 saturated carbocycles. The highest BCUT2D eigenvalue weighted by atomic mass is 16.2. The van der Waals surface area contributed by atoms with Gasteiger partial charge in [0, 0.05) is 22.8 Å². The molecule has 4 rings (SSSR count). The number of benzene rings is 3. The molecule has 0 saturated heterocycles. The summed E-state index contributed by atoms with van der Waals surface area (Å²) in [5.74, 6) is -0.167. The van der Waals surface area contributed by atoms with Crippen LogP contribution >= 0.6 is 0 Å². The lowest BCUT2D eigenvalue weighted by Crippen LogP contribution is -2.34. The lowest BCUT2D eigenvalue weighted by molar-refractivity contribution is -0.118. The van der Waals surface area contributed by atoms with Crippen LogP contribution in [0.15, 0.2) is 83.7 Å². The summed E-state index contributed by atoms with van der Waals surface area (Å²) in [4.78, 5) is 28.1. The van der Waals surface area contributed by atoms with Crippen LogP contribution in [0, 0.1) is 20.8 Å². The number of carbonyl (C=O) groups is 1. The third-order valence-corrected chi connectivity index (χ3v) is 5.32. The average molecular weight is 396 g/mol. The van der Waals surface area contributed by atoms with Gasteiger partial charge in [0.05, 0.1) is 5.52 Å². The molecule has 0 aliphatic heterocycles. The first-order valence-corrected chi connectivity index (χ1v) is 10.00. The molecule has 0 aliphatic rings. The van der Waals surface area contributed by atoms with E-state index in [2.05, 4.69) is 6.07 Å². The number of anilines is 2. The summed E-state index contributed by atoms with van der Waals surface area (Å²) in [5.41, 5.74) is 5.24. The van der Waals surface area contributed by atoms with E-state index in [1.54, 1.807) is 15.5 Å². The van der Waals surface area contributed by atoms with E-state index in [1.807, 2.05) is 87.5 Å². The van der Waals surface area contributed by atoms with Crippen molar-refractivity contribution in [1.29, 1.82) is 0 Å². The van der Waals surface area contributed by atoms with E-state index < -0.39 is 0 Å². The average Bonchev–Trinajstić information content (AvgIpc) is 2.73. The van der Waals surface area contributed by atoms with Gasteiger partial charge in [-0.3, -0.25) is 19.1 Å². The highest BCUT2D eigenvalue weighted by Crippen LogP contribution is 2.27. The Kier molecular flexibility index (Phi) is 5.23. The van der Waals surface area contributed by atoms with Crippen molar-refractivity contribution in [3.8, 4) is 0 Å². The summed E-state index contributed by atoms with van der Waals surface area (Å²) in [5, 5.41) is 1.01. The van der Waals surface area contributed by atoms with Crippen LogP contribution in [0.5, 0.6) is 0 Å². The van der Waals surface area contributed by atoms with Crippen LogP contribution in [-0.2, 0) is 11.3 Å². The molecular formula is C26H24N2O2. The Hall–Kier alpha value is -3.66. The number of hydrogen-bond acceptors (Lipinski definition) is 2. The van der Waals surface area contributed by atoms with Crippen LogP contribution in [-0.4, -0.2) is 10.5 Å². The minimum atomic E-state index is -0.167. The topological polar surface area (TPSA) is 42.3 Å². The van der Waals surface area contributed by atoms with E-state index in [9.17, 15) is 9.59 Å². The largest absolute Gasteiger partial charge is 0.299 e. The molecule has 0 spiro atoms. The SMILES string of the molecule is Cc1cc(C)c2c(c1)c(C)cc(=O)n2CC(=O)N(c1ccccc1)c1ccccc1. The predicted molar refractivity (Wildman–Crippen MR) is 122 cm³/mol. The van der Waals surface area contributed by atoms with Crippen LogP contribution < -0.4 is 10.5 Å². The summed E-state index contributed by atoms with van der Waals surface area (Å²) >= 11 is 0. The molecule has 0 fully saturated rings. The van der Waals surface area contributed by atoms with Crippen LogP contribution in [0.2, 0.25) is 0 Å². The zero-order chi connectivity index (χ0) is 21.3. The normalized spacial score (nSPS) is 10.9. The van der Waals surface area contributed by atoms with Crippen LogP contribution in [0.25, 0.3) is 10.9 Å². The molecular weight excluding hydrogens is 372 g/mol. The quantitative estimate of drug-likeness (QED) is 0.470. The Morgan fingerprint density at radius 2 is 1.37 bits per heavy atom. The maximum Gasteiger partial charge on any atom is 0.251 e. The zero-order valence-electron chi connectivity index (χ0n) is 17.4. The van der Waals surface area contributed by atoms with Gasteiger partial charge >= 0.3 is 0 Å². The Labute approximate surface area is 176 Å². The number of carbonyl (C=O) groups excluding carboxylic acids is 1. The standard InChI is InChI=1S/C26H24N2O2/c1-18-14-20(3)26-23(15-18)19(2)16-24(29)27(26)17-25(30)28(21-10-6-4-7-11-21)22-12-8-5-9-13-22/h4-16H,17H2,1-3H3. The fourth-order valence-corrected chi connectivity index (χ4v) is 4.02. The molecule has 0 atom stereocenters. The number of hydrogen-bond donors (Lipinski definition) is 0. The van der Waals surface area contributed by atoms with Crippen LogP contribution in [0.4, 0.5) is 11.4 Å². The molecule has 0 unspecified atom stereocenters. The lowest BCUT2D eigenvalue weighted by atomic mass is 10.0. The van der Waals surface area contributed by atoms with Crippen molar-refractivity contribution in [3.63, 3.8) is 0 Å². The molecule has 0 aliphatic carbocycles. The van der Waals surface area contributed by atoms with Gasteiger partial charge in [-0.05, 0) is 62.2 Å². The molecule has 1 heterocycles. The van der Waals surface area contributed by atoms with Gasteiger partial charge in [0.2, 0.25) is 0 Å². The number of aromatic nitrogens is 1. The first kappa shape index (κ1) is 19.6. The summed E-state index contributed by atoms with van der Waals surface area (Å²) in [7, 11) is 0. The first-order valence-electron chi connectivity index (χ1n) is 10.00. The van der Waals surface area contributed by atoms with Crippen molar-refractivity contribution in [1.82, 2.24) is 4.57 Å². The van der Waals surface area contributed by atoms with Gasteiger partial charge in [0.1, 0.15) is 6.54 Å². The number of aryl methyl sites for hydroxylation is 3. The van der Waals surface area contributed by atoms with Gasteiger partial charge < -0.3 is 0 Å². The second kappa shape index (κ2) is 7.99. The number of para-hydroxylation sites is 2. The third-order valence-electron chi connectivity index (χ3n) is 5.32. The molecule has 0 radical (unpaired) electrons. The fraction of sp³-hybridized carbons (Fsp3) is 0.154. The Morgan fingerprint density at radius 3 is 1.93 bits per heavy atom.